The summed E-state index contributed by atoms with van der Waals surface area (Å²) in [6.45, 7) is 10.3. The minimum Gasteiger partial charge on any atom is -0.481 e. The van der Waals surface area contributed by atoms with Crippen molar-refractivity contribution in [1.82, 2.24) is 95.4 Å². The minimum absolute atomic E-state index is 0.0286. The molecule has 1 heterocycles. The number of aromatic nitrogens is 1. The maximum atomic E-state index is 14.5. The molecule has 0 aliphatic rings. The third-order valence-corrected chi connectivity index (χ3v) is 18.6. The van der Waals surface area contributed by atoms with E-state index in [-0.39, 0.29) is 44.6 Å². The normalized spacial score (nSPS) is 14.5. The number of carbonyl (C=O) groups is 22. The van der Waals surface area contributed by atoms with Gasteiger partial charge in [0, 0.05) is 42.9 Å². The minimum atomic E-state index is -2.16. The molecule has 0 radical (unpaired) electrons. The fourth-order valence-electron chi connectivity index (χ4n) is 11.8. The highest BCUT2D eigenvalue weighted by Gasteiger charge is 2.41. The molecule has 127 heavy (non-hydrogen) atoms. The number of carboxylic acid groups (broad SMARTS) is 4. The number of guanidine groups is 1. The van der Waals surface area contributed by atoms with Crippen LogP contribution in [0.15, 0.2) is 30.5 Å². The molecule has 0 unspecified atom stereocenters. The summed E-state index contributed by atoms with van der Waals surface area (Å²) >= 11 is 0. The van der Waals surface area contributed by atoms with Crippen molar-refractivity contribution in [3.63, 3.8) is 0 Å². The van der Waals surface area contributed by atoms with Gasteiger partial charge in [0.25, 0.3) is 0 Å². The number of benzene rings is 1. The van der Waals surface area contributed by atoms with Crippen LogP contribution < -0.4 is 113 Å². The third kappa shape index (κ3) is 40.6. The zero-order chi connectivity index (χ0) is 96.6. The van der Waals surface area contributed by atoms with Crippen molar-refractivity contribution in [2.45, 2.75) is 236 Å². The maximum absolute atomic E-state index is 14.5. The van der Waals surface area contributed by atoms with Gasteiger partial charge in [-0.2, -0.15) is 0 Å². The lowest BCUT2D eigenvalue weighted by molar-refractivity contribution is -0.142. The number of fused-ring (bicyclic) bond motifs is 1. The molecule has 33 N–H and O–H groups in total. The topological polar surface area (TPSA) is 845 Å². The van der Waals surface area contributed by atoms with Gasteiger partial charge in [-0.1, -0.05) is 59.7 Å². The van der Waals surface area contributed by atoms with Gasteiger partial charge in [-0.05, 0) is 95.6 Å². The summed E-state index contributed by atoms with van der Waals surface area (Å²) in [6.07, 6.45) is -6.88. The first-order chi connectivity index (χ1) is 59.2. The van der Waals surface area contributed by atoms with Gasteiger partial charge in [0.2, 0.25) is 106 Å². The van der Waals surface area contributed by atoms with E-state index in [9.17, 15) is 136 Å². The Bertz CT molecular complexity index is 4310. The Morgan fingerprint density at radius 2 is 0.890 bits per heavy atom. The Morgan fingerprint density at radius 3 is 1.39 bits per heavy atom. The van der Waals surface area contributed by atoms with Crippen molar-refractivity contribution in [2.75, 3.05) is 32.8 Å². The first-order valence-electron chi connectivity index (χ1n) is 40.1. The number of nitrogens with one attached hydrogen (secondary N) is 19. The van der Waals surface area contributed by atoms with Gasteiger partial charge < -0.3 is 149 Å². The number of rotatable bonds is 58. The molecule has 51 heteroatoms. The summed E-state index contributed by atoms with van der Waals surface area (Å²) in [4.78, 5) is 293. The number of hydrogen-bond donors (Lipinski definition) is 29. The van der Waals surface area contributed by atoms with Gasteiger partial charge in [-0.3, -0.25) is 111 Å². The van der Waals surface area contributed by atoms with Crippen LogP contribution >= 0.6 is 0 Å². The molecule has 0 saturated carbocycles. The van der Waals surface area contributed by atoms with E-state index < -0.39 is 309 Å². The lowest BCUT2D eigenvalue weighted by Gasteiger charge is -2.31. The molecule has 0 fully saturated rings. The number of hydrogen-bond acceptors (Lipinski definition) is 26. The Balaban J connectivity index is 2.32. The van der Waals surface area contributed by atoms with Crippen molar-refractivity contribution in [1.29, 1.82) is 5.41 Å². The van der Waals surface area contributed by atoms with E-state index in [1.165, 1.54) is 40.8 Å². The smallest absolute Gasteiger partial charge is 0.305 e. The van der Waals surface area contributed by atoms with Crippen LogP contribution in [0.1, 0.15) is 145 Å². The number of carboxylic acids is 4. The van der Waals surface area contributed by atoms with Gasteiger partial charge >= 0.3 is 23.9 Å². The Labute approximate surface area is 727 Å². The monoisotopic (exact) mass is 1800 g/mol. The van der Waals surface area contributed by atoms with Crippen molar-refractivity contribution < 1.29 is 136 Å². The molecule has 2 aromatic rings. The lowest BCUT2D eigenvalue weighted by atomic mass is 9.98. The molecule has 2 rings (SSSR count). The van der Waals surface area contributed by atoms with Gasteiger partial charge in [-0.15, -0.1) is 0 Å². The molecule has 0 saturated heterocycles. The molecular formula is C76H119N23O28. The van der Waals surface area contributed by atoms with E-state index in [4.69, 9.17) is 28.3 Å². The molecule has 706 valence electrons. The number of carbonyl (C=O) groups excluding carboxylic acids is 18. The molecular weight excluding hydrogens is 1680 g/mol. The molecule has 1 aromatic heterocycles. The molecule has 51 nitrogen and oxygen atoms in total. The average Bonchev–Trinajstić information content (AvgIpc) is 1.64. The first-order valence-corrected chi connectivity index (χ1v) is 40.1. The zero-order valence-corrected chi connectivity index (χ0v) is 71.7. The second kappa shape index (κ2) is 53.4. The highest BCUT2D eigenvalue weighted by atomic mass is 16.4. The lowest BCUT2D eigenvalue weighted by Crippen LogP contribution is -2.64. The number of H-pyrrole nitrogens is 1. The van der Waals surface area contributed by atoms with E-state index >= 15 is 0 Å². The average molecular weight is 1800 g/mol. The fraction of sp³-hybridized carbons (Fsp3) is 0.592. The van der Waals surface area contributed by atoms with E-state index in [0.717, 1.165) is 6.92 Å². The van der Waals surface area contributed by atoms with Gasteiger partial charge in [0.15, 0.2) is 5.96 Å². The van der Waals surface area contributed by atoms with Crippen LogP contribution in [-0.4, -0.2) is 295 Å². The Hall–Kier alpha value is -13.7. The van der Waals surface area contributed by atoms with Crippen molar-refractivity contribution >= 4 is 147 Å². The van der Waals surface area contributed by atoms with Crippen molar-refractivity contribution in [2.24, 2.45) is 40.7 Å². The van der Waals surface area contributed by atoms with Crippen molar-refractivity contribution in [3.8, 4) is 0 Å². The highest BCUT2D eigenvalue weighted by Crippen LogP contribution is 2.21. The Morgan fingerprint density at radius 1 is 0.441 bits per heavy atom. The van der Waals surface area contributed by atoms with Crippen LogP contribution in [0, 0.1) is 23.2 Å². The number of aliphatic hydroxyl groups excluding tert-OH is 2. The Kier molecular flexibility index (Phi) is 46.0. The number of primary amides is 2. The number of para-hydroxylation sites is 1. The highest BCUT2D eigenvalue weighted by molar-refractivity contribution is 6.03. The second-order valence-electron chi connectivity index (χ2n) is 31.4. The van der Waals surface area contributed by atoms with E-state index in [2.05, 4.69) is 95.4 Å². The van der Waals surface area contributed by atoms with Gasteiger partial charge in [0.1, 0.15) is 78.0 Å². The van der Waals surface area contributed by atoms with Crippen LogP contribution in [0.2, 0.25) is 0 Å². The van der Waals surface area contributed by atoms with Crippen LogP contribution in [-0.2, 0) is 112 Å². The molecule has 1 aromatic carbocycles. The maximum Gasteiger partial charge on any atom is 0.305 e. The molecule has 0 spiro atoms. The van der Waals surface area contributed by atoms with Gasteiger partial charge in [-0.25, -0.2) is 0 Å². The summed E-state index contributed by atoms with van der Waals surface area (Å²) in [7, 11) is 0. The number of amides is 18. The molecule has 0 aliphatic heterocycles. The van der Waals surface area contributed by atoms with E-state index in [0.29, 0.717) is 16.5 Å². The first kappa shape index (κ1) is 109. The summed E-state index contributed by atoms with van der Waals surface area (Å²) < 4.78 is 0. The van der Waals surface area contributed by atoms with Crippen molar-refractivity contribution in [3.05, 3.63) is 36.0 Å². The van der Waals surface area contributed by atoms with Crippen LogP contribution in [0.25, 0.3) is 10.9 Å². The van der Waals surface area contributed by atoms with Crippen LogP contribution in [0.3, 0.4) is 0 Å². The summed E-state index contributed by atoms with van der Waals surface area (Å²) in [6, 6.07) is -15.5. The molecule has 14 atom stereocenters. The van der Waals surface area contributed by atoms with E-state index in [1.54, 1.807) is 52.0 Å². The summed E-state index contributed by atoms with van der Waals surface area (Å²) in [5.74, 6) is -28.9. The number of nitrogens with two attached hydrogens (primary N) is 4. The number of aliphatic hydroxyl groups is 2. The standard InChI is InChI=1S/C76H119N23O28/c1-33(2)22-45(67(120)93-48(26-51(78)102)64(117)86-30-53(104)84-29-52(103)85-31-54(105)88-50(32-100)70(123)87-36(7)62(115)89-42(61(79)114)16-13-21-82-75(80)81)92-68(121)49(27-58(112)113)94-65(118)43(17-19-55(106)107)90-72(125)59(35(5)6)97-69(122)46(23-34(3)4)91-66(119)44(18-20-56(108)109)96-74(127)76(9,10)99-71(124)47(24-38-28-83-41-15-12-11-14-39(38)41)95-73(126)60(37(8)101)98-63(116)40(77)25-57(110)111/h11-12,14-15,28,33-37,40,42-50,59-60,83,100-101H,13,16-27,29-32,77H2,1-10H3,(H2,78,102)(H2,79,114)(H,84,104)(H,85,103)(H,86,117)(H,87,123)(H,88,105)(H,89,115)(H,90,125)(H,91,119)(H,92,121)(H,93,120)(H,94,118)(H,95,126)(H,96,127)(H,97,122)(H,98,116)(H,99,124)(H,106,107)(H,108,109)(H,110,111)(H,112,113)(H4,80,81,82)/t36-,37+,40+,42-,43+,44+,45+,46+,47+,48+,49+,50-,59+,60+/m0/s1. The third-order valence-electron chi connectivity index (χ3n) is 18.6. The molecule has 0 aliphatic carbocycles. The predicted octanol–water partition coefficient (Wildman–Crippen LogP) is -10.5. The molecule has 18 amide bonds. The van der Waals surface area contributed by atoms with Gasteiger partial charge in [0.05, 0.1) is 57.6 Å². The van der Waals surface area contributed by atoms with E-state index in [1.807, 2.05) is 0 Å². The SMILES string of the molecule is CC(C)C[C@@H](NC(=O)[C@@H](CC(=O)O)NC(=O)[C@@H](CCC(=O)O)NC(=O)[C@H](NC(=O)[C@@H](CC(C)C)NC(=O)[C@@H](CCC(=O)O)NC(=O)C(C)(C)NC(=O)[C@@H](Cc1c[nH]c2ccccc12)NC(=O)[C@H](NC(=O)[C@H](N)CC(=O)O)[C@@H](C)O)C(C)C)C(=O)N[C@H](CC(N)=O)C(=O)NCC(=O)NCC(=O)NCC(=O)N[C@@H](CO)C(=O)N[C@@H](C)C(=O)N[C@@H](CCCNC(=N)N)C(N)=O. The summed E-state index contributed by atoms with van der Waals surface area (Å²) in [5, 5.41) is 106. The summed E-state index contributed by atoms with van der Waals surface area (Å²) in [5.41, 5.74) is 20.6. The number of aliphatic carboxylic acids is 4. The van der Waals surface area contributed by atoms with Crippen LogP contribution in [0.4, 0.5) is 0 Å². The number of aromatic amines is 1. The quantitative estimate of drug-likeness (QED) is 0.0166. The zero-order valence-electron chi connectivity index (χ0n) is 71.7. The molecule has 0 bridgehead atoms. The predicted molar refractivity (Wildman–Crippen MR) is 443 cm³/mol. The largest absolute Gasteiger partial charge is 0.481 e. The fourth-order valence-corrected chi connectivity index (χ4v) is 11.8. The van der Waals surface area contributed by atoms with Crippen LogP contribution in [0.5, 0.6) is 0 Å². The second-order valence-corrected chi connectivity index (χ2v) is 31.4.